The first-order chi connectivity index (χ1) is 12.2. The maximum atomic E-state index is 12.1. The summed E-state index contributed by atoms with van der Waals surface area (Å²) in [4.78, 5) is 37.5. The monoisotopic (exact) mass is 383 g/mol. The average molecular weight is 384 g/mol. The van der Waals surface area contributed by atoms with Crippen LogP contribution in [-0.4, -0.2) is 56.0 Å². The predicted octanol–water partition coefficient (Wildman–Crippen LogP) is 1.91. The van der Waals surface area contributed by atoms with E-state index in [4.69, 9.17) is 16.3 Å². The lowest BCUT2D eigenvalue weighted by molar-refractivity contribution is -0.145. The summed E-state index contributed by atoms with van der Waals surface area (Å²) < 4.78 is 4.72. The van der Waals surface area contributed by atoms with E-state index in [9.17, 15) is 14.4 Å². The number of halogens is 1. The van der Waals surface area contributed by atoms with Crippen molar-refractivity contribution in [1.82, 2.24) is 10.2 Å². The van der Waals surface area contributed by atoms with Crippen LogP contribution in [0.25, 0.3) is 0 Å². The number of hydrogen-bond acceptors (Lipinski definition) is 5. The van der Waals surface area contributed by atoms with E-state index >= 15 is 0 Å². The molecule has 0 unspecified atom stereocenters. The first-order valence-electron chi connectivity index (χ1n) is 8.32. The maximum Gasteiger partial charge on any atom is 0.328 e. The van der Waals surface area contributed by atoms with Crippen LogP contribution >= 0.6 is 11.6 Å². The lowest BCUT2D eigenvalue weighted by Gasteiger charge is -2.21. The number of rotatable bonds is 9. The zero-order valence-corrected chi connectivity index (χ0v) is 16.3. The summed E-state index contributed by atoms with van der Waals surface area (Å²) in [6, 6.07) is 6.05. The highest BCUT2D eigenvalue weighted by Crippen LogP contribution is 2.13. The minimum absolute atomic E-state index is 0.0143. The van der Waals surface area contributed by atoms with Gasteiger partial charge in [-0.25, -0.2) is 4.79 Å². The number of hydrogen-bond donors (Lipinski definition) is 2. The average Bonchev–Trinajstić information content (AvgIpc) is 2.54. The number of carbonyl (C=O) groups is 3. The van der Waals surface area contributed by atoms with E-state index in [0.29, 0.717) is 17.1 Å². The number of nitrogens with zero attached hydrogens (tertiary/aromatic N) is 1. The minimum Gasteiger partial charge on any atom is -0.467 e. The molecule has 0 aliphatic rings. The normalized spacial score (nSPS) is 12.0. The number of methoxy groups -OCH3 is 1. The molecule has 0 saturated heterocycles. The fraction of sp³-hybridized carbons (Fsp3) is 0.500. The molecule has 1 atom stereocenters. The van der Waals surface area contributed by atoms with E-state index in [-0.39, 0.29) is 30.8 Å². The molecule has 0 bridgehead atoms. The minimum atomic E-state index is -0.691. The number of carbonyl (C=O) groups excluding carboxylic acids is 3. The molecule has 1 rings (SSSR count). The van der Waals surface area contributed by atoms with Gasteiger partial charge in [0.25, 0.3) is 0 Å². The summed E-state index contributed by atoms with van der Waals surface area (Å²) in [5.74, 6) is -0.852. The fourth-order valence-electron chi connectivity index (χ4n) is 2.35. The van der Waals surface area contributed by atoms with Crippen LogP contribution in [-0.2, 0) is 19.1 Å². The number of benzene rings is 1. The topological polar surface area (TPSA) is 87.7 Å². The molecular weight excluding hydrogens is 358 g/mol. The quantitative estimate of drug-likeness (QED) is 0.636. The van der Waals surface area contributed by atoms with Crippen molar-refractivity contribution in [3.63, 3.8) is 0 Å². The van der Waals surface area contributed by atoms with Gasteiger partial charge in [0.05, 0.1) is 20.2 Å². The van der Waals surface area contributed by atoms with Gasteiger partial charge in [-0.3, -0.25) is 14.5 Å². The number of likely N-dealkylation sites (N-methyl/N-ethyl adjacent to an activating group) is 1. The molecule has 2 amide bonds. The van der Waals surface area contributed by atoms with Gasteiger partial charge < -0.3 is 15.4 Å². The summed E-state index contributed by atoms with van der Waals surface area (Å²) in [5, 5.41) is 5.96. The lowest BCUT2D eigenvalue weighted by Crippen LogP contribution is -2.46. The van der Waals surface area contributed by atoms with Crippen molar-refractivity contribution in [2.24, 2.45) is 5.92 Å². The first-order valence-corrected chi connectivity index (χ1v) is 8.70. The Labute approximate surface area is 159 Å². The second-order valence-corrected chi connectivity index (χ2v) is 6.94. The molecule has 8 heteroatoms. The van der Waals surface area contributed by atoms with Crippen LogP contribution in [0.4, 0.5) is 5.69 Å². The molecule has 26 heavy (non-hydrogen) atoms. The maximum absolute atomic E-state index is 12.1. The molecule has 1 aromatic rings. The molecule has 0 aromatic heterocycles. The van der Waals surface area contributed by atoms with Crippen LogP contribution in [0.1, 0.15) is 20.3 Å². The molecule has 0 fully saturated rings. The molecule has 0 aliphatic heterocycles. The standard InChI is InChI=1S/C18H26ClN3O4/c1-12(2)9-15(18(25)26-4)21-17(24)11-22(3)10-16(23)20-14-7-5-13(19)6-8-14/h5-8,12,15H,9-11H2,1-4H3,(H,20,23)(H,21,24)/t15-/m1/s1. The fourth-order valence-corrected chi connectivity index (χ4v) is 2.47. The van der Waals surface area contributed by atoms with Crippen molar-refractivity contribution in [2.45, 2.75) is 26.3 Å². The summed E-state index contributed by atoms with van der Waals surface area (Å²) >= 11 is 5.80. The number of amides is 2. The molecule has 2 N–H and O–H groups in total. The Morgan fingerprint density at radius 2 is 1.69 bits per heavy atom. The molecule has 0 aliphatic carbocycles. The SMILES string of the molecule is COC(=O)[C@@H](CC(C)C)NC(=O)CN(C)CC(=O)Nc1ccc(Cl)cc1. The van der Waals surface area contributed by atoms with Crippen molar-refractivity contribution < 1.29 is 19.1 Å². The number of nitrogens with one attached hydrogen (secondary N) is 2. The third kappa shape index (κ3) is 8.31. The number of ether oxygens (including phenoxy) is 1. The Kier molecular flexibility index (Phi) is 9.09. The van der Waals surface area contributed by atoms with Crippen LogP contribution in [0.15, 0.2) is 24.3 Å². The van der Waals surface area contributed by atoms with Crippen LogP contribution < -0.4 is 10.6 Å². The molecular formula is C18H26ClN3O4. The lowest BCUT2D eigenvalue weighted by atomic mass is 10.0. The molecule has 0 heterocycles. The highest BCUT2D eigenvalue weighted by molar-refractivity contribution is 6.30. The Morgan fingerprint density at radius 3 is 2.23 bits per heavy atom. The van der Waals surface area contributed by atoms with E-state index in [1.807, 2.05) is 13.8 Å². The van der Waals surface area contributed by atoms with E-state index < -0.39 is 12.0 Å². The zero-order valence-electron chi connectivity index (χ0n) is 15.5. The Bertz CT molecular complexity index is 619. The molecule has 7 nitrogen and oxygen atoms in total. The van der Waals surface area contributed by atoms with Gasteiger partial charge in [-0.1, -0.05) is 25.4 Å². The summed E-state index contributed by atoms with van der Waals surface area (Å²) in [6.45, 7) is 3.92. The second-order valence-electron chi connectivity index (χ2n) is 6.50. The van der Waals surface area contributed by atoms with E-state index in [0.717, 1.165) is 0 Å². The largest absolute Gasteiger partial charge is 0.467 e. The summed E-state index contributed by atoms with van der Waals surface area (Å²) in [7, 11) is 2.94. The van der Waals surface area contributed by atoms with Gasteiger partial charge in [-0.05, 0) is 43.7 Å². The first kappa shape index (κ1) is 21.9. The molecule has 0 radical (unpaired) electrons. The summed E-state index contributed by atoms with van der Waals surface area (Å²) in [6.07, 6.45) is 0.485. The van der Waals surface area contributed by atoms with Crippen molar-refractivity contribution in [3.8, 4) is 0 Å². The number of anilines is 1. The van der Waals surface area contributed by atoms with Crippen LogP contribution in [0, 0.1) is 5.92 Å². The van der Waals surface area contributed by atoms with Crippen molar-refractivity contribution in [1.29, 1.82) is 0 Å². The van der Waals surface area contributed by atoms with Crippen LogP contribution in [0.3, 0.4) is 0 Å². The third-order valence-electron chi connectivity index (χ3n) is 3.48. The van der Waals surface area contributed by atoms with Gasteiger partial charge in [0.15, 0.2) is 0 Å². The smallest absolute Gasteiger partial charge is 0.328 e. The molecule has 1 aromatic carbocycles. The Hall–Kier alpha value is -2.12. The summed E-state index contributed by atoms with van der Waals surface area (Å²) in [5.41, 5.74) is 0.625. The van der Waals surface area contributed by atoms with E-state index in [1.54, 1.807) is 36.2 Å². The van der Waals surface area contributed by atoms with Gasteiger partial charge in [-0.15, -0.1) is 0 Å². The van der Waals surface area contributed by atoms with E-state index in [1.165, 1.54) is 7.11 Å². The van der Waals surface area contributed by atoms with Crippen molar-refractivity contribution in [2.75, 3.05) is 32.6 Å². The van der Waals surface area contributed by atoms with Crippen molar-refractivity contribution in [3.05, 3.63) is 29.3 Å². The Morgan fingerprint density at radius 1 is 1.12 bits per heavy atom. The van der Waals surface area contributed by atoms with Crippen molar-refractivity contribution >= 4 is 35.1 Å². The predicted molar refractivity (Wildman–Crippen MR) is 101 cm³/mol. The van der Waals surface area contributed by atoms with Crippen LogP contribution in [0.2, 0.25) is 5.02 Å². The zero-order chi connectivity index (χ0) is 19.7. The Balaban J connectivity index is 2.48. The van der Waals surface area contributed by atoms with Gasteiger partial charge in [0.1, 0.15) is 6.04 Å². The van der Waals surface area contributed by atoms with Gasteiger partial charge in [0, 0.05) is 10.7 Å². The molecule has 0 spiro atoms. The van der Waals surface area contributed by atoms with Gasteiger partial charge in [-0.2, -0.15) is 0 Å². The van der Waals surface area contributed by atoms with Gasteiger partial charge >= 0.3 is 5.97 Å². The molecule has 144 valence electrons. The number of esters is 1. The molecule has 0 saturated carbocycles. The highest BCUT2D eigenvalue weighted by atomic mass is 35.5. The van der Waals surface area contributed by atoms with E-state index in [2.05, 4.69) is 10.6 Å². The third-order valence-corrected chi connectivity index (χ3v) is 3.74. The highest BCUT2D eigenvalue weighted by Gasteiger charge is 2.23. The van der Waals surface area contributed by atoms with Gasteiger partial charge in [0.2, 0.25) is 11.8 Å². The second kappa shape index (κ2) is 10.8. The van der Waals surface area contributed by atoms with Crippen LogP contribution in [0.5, 0.6) is 0 Å².